The Morgan fingerprint density at radius 3 is 2.58 bits per heavy atom. The number of nitrogens with zero attached hydrogens (tertiary/aromatic N) is 3. The lowest BCUT2D eigenvalue weighted by Gasteiger charge is -2.10. The number of methoxy groups -OCH3 is 2. The normalized spacial score (nSPS) is 11.3. The van der Waals surface area contributed by atoms with Crippen LogP contribution in [0.1, 0.15) is 13.8 Å². The van der Waals surface area contributed by atoms with Crippen molar-refractivity contribution >= 4 is 48.9 Å². The lowest BCUT2D eigenvalue weighted by molar-refractivity contribution is 0.355. The van der Waals surface area contributed by atoms with Gasteiger partial charge in [0.25, 0.3) is 10.0 Å². The number of nitrogens with one attached hydrogen (secondary N) is 1. The molecule has 0 spiro atoms. The number of thiophene rings is 1. The third kappa shape index (κ3) is 4.81. The highest BCUT2D eigenvalue weighted by atomic mass is 32.2. The van der Waals surface area contributed by atoms with Crippen LogP contribution >= 0.6 is 11.3 Å². The van der Waals surface area contributed by atoms with Crippen molar-refractivity contribution in [1.82, 2.24) is 9.97 Å². The van der Waals surface area contributed by atoms with E-state index in [-0.39, 0.29) is 4.90 Å². The molecule has 1 N–H and O–H groups in total. The number of hydrogen-bond donors (Lipinski definition) is 1. The topological polar surface area (TPSA) is 103 Å². The van der Waals surface area contributed by atoms with Gasteiger partial charge in [-0.3, -0.25) is 0 Å². The van der Waals surface area contributed by atoms with Crippen molar-refractivity contribution in [3.63, 3.8) is 0 Å². The van der Waals surface area contributed by atoms with E-state index in [1.807, 2.05) is 17.5 Å². The van der Waals surface area contributed by atoms with Crippen molar-refractivity contribution in [2.24, 2.45) is 4.40 Å². The Bertz CT molecular complexity index is 1460. The molecule has 170 valence electrons. The van der Waals surface area contributed by atoms with Crippen LogP contribution in [-0.2, 0) is 10.0 Å². The maximum atomic E-state index is 12.5. The lowest BCUT2D eigenvalue weighted by Crippen LogP contribution is -2.00. The molecule has 0 saturated heterocycles. The van der Waals surface area contributed by atoms with Crippen LogP contribution in [0, 0.1) is 0 Å². The van der Waals surface area contributed by atoms with Gasteiger partial charge in [0.05, 0.1) is 35.5 Å². The summed E-state index contributed by atoms with van der Waals surface area (Å²) in [4.78, 5) is 9.22. The molecule has 0 amide bonds. The first-order valence-corrected chi connectivity index (χ1v) is 12.2. The van der Waals surface area contributed by atoms with E-state index in [4.69, 9.17) is 9.47 Å². The highest BCUT2D eigenvalue weighted by Crippen LogP contribution is 2.35. The van der Waals surface area contributed by atoms with Gasteiger partial charge in [-0.15, -0.1) is 11.3 Å². The van der Waals surface area contributed by atoms with Crippen molar-refractivity contribution in [2.75, 3.05) is 19.5 Å². The van der Waals surface area contributed by atoms with Gasteiger partial charge in [0.2, 0.25) is 5.95 Å². The Morgan fingerprint density at radius 2 is 1.85 bits per heavy atom. The van der Waals surface area contributed by atoms with Gasteiger partial charge in [-0.05, 0) is 43.7 Å². The SMILES string of the molecule is COc1ccc(Nc2ncc3scc(-c4cccc(S(=O)(=O)N=C(C)C)c4)c3n2)cc1OC. The molecule has 0 radical (unpaired) electrons. The Balaban J connectivity index is 1.71. The third-order valence-electron chi connectivity index (χ3n) is 4.70. The minimum absolute atomic E-state index is 0.137. The van der Waals surface area contributed by atoms with Gasteiger partial charge in [-0.2, -0.15) is 12.8 Å². The number of sulfonamides is 1. The molecule has 0 aliphatic carbocycles. The number of benzene rings is 2. The van der Waals surface area contributed by atoms with Crippen LogP contribution in [0.2, 0.25) is 0 Å². The molecule has 8 nitrogen and oxygen atoms in total. The van der Waals surface area contributed by atoms with Crippen LogP contribution in [0.3, 0.4) is 0 Å². The summed E-state index contributed by atoms with van der Waals surface area (Å²) in [6.45, 7) is 3.30. The summed E-state index contributed by atoms with van der Waals surface area (Å²) >= 11 is 1.49. The second-order valence-corrected chi connectivity index (χ2v) is 9.81. The quantitative estimate of drug-likeness (QED) is 0.357. The van der Waals surface area contributed by atoms with Gasteiger partial charge in [-0.25, -0.2) is 9.97 Å². The number of rotatable bonds is 7. The molecule has 4 aromatic rings. The largest absolute Gasteiger partial charge is 0.493 e. The molecule has 0 aliphatic heterocycles. The van der Waals surface area contributed by atoms with Gasteiger partial charge < -0.3 is 14.8 Å². The monoisotopic (exact) mass is 482 g/mol. The van der Waals surface area contributed by atoms with Gasteiger partial charge in [0.1, 0.15) is 0 Å². The van der Waals surface area contributed by atoms with E-state index in [1.165, 1.54) is 11.3 Å². The summed E-state index contributed by atoms with van der Waals surface area (Å²) in [6, 6.07) is 12.1. The molecule has 0 saturated carbocycles. The molecule has 2 heterocycles. The zero-order chi connectivity index (χ0) is 23.6. The van der Waals surface area contributed by atoms with E-state index >= 15 is 0 Å². The zero-order valence-electron chi connectivity index (χ0n) is 18.5. The fourth-order valence-electron chi connectivity index (χ4n) is 3.25. The van der Waals surface area contributed by atoms with Gasteiger partial charge in [0, 0.05) is 28.4 Å². The predicted molar refractivity (Wildman–Crippen MR) is 132 cm³/mol. The molecular weight excluding hydrogens is 460 g/mol. The molecule has 0 fully saturated rings. The van der Waals surface area contributed by atoms with Crippen LogP contribution in [0.25, 0.3) is 21.3 Å². The van der Waals surface area contributed by atoms with Gasteiger partial charge in [-0.1, -0.05) is 12.1 Å². The molecule has 4 rings (SSSR count). The molecule has 33 heavy (non-hydrogen) atoms. The Kier molecular flexibility index (Phi) is 6.30. The van der Waals surface area contributed by atoms with E-state index in [0.29, 0.717) is 23.2 Å². The zero-order valence-corrected chi connectivity index (χ0v) is 20.1. The summed E-state index contributed by atoms with van der Waals surface area (Å²) in [7, 11) is -0.611. The van der Waals surface area contributed by atoms with Crippen molar-refractivity contribution in [3.8, 4) is 22.6 Å². The average molecular weight is 483 g/mol. The van der Waals surface area contributed by atoms with Crippen molar-refractivity contribution in [1.29, 1.82) is 0 Å². The van der Waals surface area contributed by atoms with Crippen molar-refractivity contribution in [2.45, 2.75) is 18.7 Å². The minimum atomic E-state index is -3.76. The second-order valence-electron chi connectivity index (χ2n) is 7.29. The lowest BCUT2D eigenvalue weighted by atomic mass is 10.1. The Morgan fingerprint density at radius 1 is 1.06 bits per heavy atom. The molecule has 0 unspecified atom stereocenters. The number of hydrogen-bond acceptors (Lipinski definition) is 8. The first-order chi connectivity index (χ1) is 15.8. The standard InChI is InChI=1S/C23H22N4O4S2/c1-14(2)27-33(28,29)17-7-5-6-15(10-17)18-13-32-21-12-24-23(26-22(18)21)25-16-8-9-19(30-3)20(11-16)31-4/h5-13H,1-4H3,(H,24,25,26). The molecular formula is C23H22N4O4S2. The number of anilines is 2. The van der Waals surface area contributed by atoms with Crippen LogP contribution in [0.4, 0.5) is 11.6 Å². The van der Waals surface area contributed by atoms with Crippen LogP contribution in [0.15, 0.2) is 63.3 Å². The smallest absolute Gasteiger partial charge is 0.282 e. The van der Waals surface area contributed by atoms with Gasteiger partial charge >= 0.3 is 0 Å². The van der Waals surface area contributed by atoms with Gasteiger partial charge in [0.15, 0.2) is 11.5 Å². The Labute approximate surface area is 196 Å². The van der Waals surface area contributed by atoms with E-state index in [0.717, 1.165) is 27.0 Å². The highest BCUT2D eigenvalue weighted by Gasteiger charge is 2.16. The molecule has 0 atom stereocenters. The van der Waals surface area contributed by atoms with Crippen LogP contribution in [0.5, 0.6) is 11.5 Å². The molecule has 10 heteroatoms. The van der Waals surface area contributed by atoms with Crippen LogP contribution < -0.4 is 14.8 Å². The molecule has 2 aromatic heterocycles. The average Bonchev–Trinajstić information content (AvgIpc) is 3.21. The molecule has 2 aromatic carbocycles. The first kappa shape index (κ1) is 22.7. The first-order valence-electron chi connectivity index (χ1n) is 9.92. The van der Waals surface area contributed by atoms with E-state index < -0.39 is 10.0 Å². The summed E-state index contributed by atoms with van der Waals surface area (Å²) in [5.41, 5.74) is 3.50. The van der Waals surface area contributed by atoms with E-state index in [1.54, 1.807) is 64.6 Å². The fourth-order valence-corrected chi connectivity index (χ4v) is 5.24. The summed E-state index contributed by atoms with van der Waals surface area (Å²) in [5.74, 6) is 1.61. The minimum Gasteiger partial charge on any atom is -0.493 e. The summed E-state index contributed by atoms with van der Waals surface area (Å²) < 4.78 is 40.4. The summed E-state index contributed by atoms with van der Waals surface area (Å²) in [6.07, 6.45) is 1.74. The van der Waals surface area contributed by atoms with E-state index in [9.17, 15) is 8.42 Å². The van der Waals surface area contributed by atoms with Crippen LogP contribution in [-0.4, -0.2) is 38.3 Å². The number of fused-ring (bicyclic) bond motifs is 1. The molecule has 0 aliphatic rings. The number of aromatic nitrogens is 2. The predicted octanol–water partition coefficient (Wildman–Crippen LogP) is 5.29. The highest BCUT2D eigenvalue weighted by molar-refractivity contribution is 7.90. The van der Waals surface area contributed by atoms with E-state index in [2.05, 4.69) is 19.7 Å². The fraction of sp³-hybridized carbons (Fsp3) is 0.174. The van der Waals surface area contributed by atoms with Crippen molar-refractivity contribution < 1.29 is 17.9 Å². The maximum absolute atomic E-state index is 12.5. The Hall–Kier alpha value is -3.50. The number of ether oxygens (including phenoxy) is 2. The molecule has 0 bridgehead atoms. The second kappa shape index (κ2) is 9.16. The van der Waals surface area contributed by atoms with Crippen molar-refractivity contribution in [3.05, 3.63) is 54.0 Å². The maximum Gasteiger partial charge on any atom is 0.282 e. The summed E-state index contributed by atoms with van der Waals surface area (Å²) in [5, 5.41) is 5.13. The third-order valence-corrected chi connectivity index (χ3v) is 7.06.